The number of carbonyl (C=O) groups excluding carboxylic acids is 1. The molecule has 4 heteroatoms. The van der Waals surface area contributed by atoms with Crippen LogP contribution in [-0.4, -0.2) is 12.1 Å². The molecule has 0 bridgehead atoms. The Morgan fingerprint density at radius 1 is 0.931 bits per heavy atom. The summed E-state index contributed by atoms with van der Waals surface area (Å²) in [7, 11) is 0. The standard InChI is InChI=1S/C25H26N2O2/c1-25(2,3)22-15-13-20(14-16-22)24(28)27-26-17-21-11-7-8-12-23(21)29-18-19-9-5-4-6-10-19/h4-17H,18H2,1-3H3,(H,27,28)/b26-17+. The SMILES string of the molecule is CC(C)(C)c1ccc(C(=O)N/N=C/c2ccccc2OCc2ccccc2)cc1. The van der Waals surface area contributed by atoms with Crippen molar-refractivity contribution in [2.45, 2.75) is 32.8 Å². The van der Waals surface area contributed by atoms with Gasteiger partial charge in [-0.05, 0) is 40.8 Å². The number of para-hydroxylation sites is 1. The maximum absolute atomic E-state index is 12.3. The number of rotatable bonds is 6. The number of hydrazone groups is 1. The lowest BCUT2D eigenvalue weighted by molar-refractivity contribution is 0.0955. The molecular formula is C25H26N2O2. The summed E-state index contributed by atoms with van der Waals surface area (Å²) in [6, 6.07) is 25.2. The monoisotopic (exact) mass is 386 g/mol. The van der Waals surface area contributed by atoms with Crippen LogP contribution in [0.2, 0.25) is 0 Å². The third-order valence-electron chi connectivity index (χ3n) is 4.54. The normalized spacial score (nSPS) is 11.4. The fraction of sp³-hybridized carbons (Fsp3) is 0.200. The maximum Gasteiger partial charge on any atom is 0.271 e. The van der Waals surface area contributed by atoms with Crippen LogP contribution in [0.4, 0.5) is 0 Å². The van der Waals surface area contributed by atoms with Crippen LogP contribution in [0.25, 0.3) is 0 Å². The molecule has 0 saturated carbocycles. The van der Waals surface area contributed by atoms with Gasteiger partial charge in [-0.1, -0.05) is 75.4 Å². The molecule has 0 aliphatic heterocycles. The van der Waals surface area contributed by atoms with Crippen LogP contribution in [0.3, 0.4) is 0 Å². The van der Waals surface area contributed by atoms with Gasteiger partial charge < -0.3 is 4.74 Å². The molecule has 0 unspecified atom stereocenters. The average Bonchev–Trinajstić information content (AvgIpc) is 2.73. The van der Waals surface area contributed by atoms with E-state index in [1.807, 2.05) is 78.9 Å². The second-order valence-corrected chi connectivity index (χ2v) is 7.84. The van der Waals surface area contributed by atoms with E-state index in [9.17, 15) is 4.79 Å². The van der Waals surface area contributed by atoms with Gasteiger partial charge in [-0.3, -0.25) is 4.79 Å². The van der Waals surface area contributed by atoms with Gasteiger partial charge in [0.15, 0.2) is 0 Å². The van der Waals surface area contributed by atoms with Crippen LogP contribution in [0.1, 0.15) is 47.8 Å². The van der Waals surface area contributed by atoms with Gasteiger partial charge in [0.2, 0.25) is 0 Å². The van der Waals surface area contributed by atoms with Crippen LogP contribution in [0.15, 0.2) is 84.0 Å². The second-order valence-electron chi connectivity index (χ2n) is 7.84. The van der Waals surface area contributed by atoms with E-state index in [1.165, 1.54) is 5.56 Å². The number of hydrogen-bond donors (Lipinski definition) is 1. The van der Waals surface area contributed by atoms with Crippen molar-refractivity contribution >= 4 is 12.1 Å². The minimum Gasteiger partial charge on any atom is -0.488 e. The van der Waals surface area contributed by atoms with Gasteiger partial charge in [-0.25, -0.2) is 5.43 Å². The number of nitrogens with zero attached hydrogens (tertiary/aromatic N) is 1. The highest BCUT2D eigenvalue weighted by Gasteiger charge is 2.14. The molecule has 0 atom stereocenters. The summed E-state index contributed by atoms with van der Waals surface area (Å²) >= 11 is 0. The zero-order valence-electron chi connectivity index (χ0n) is 17.1. The molecule has 0 heterocycles. The first-order chi connectivity index (χ1) is 13.9. The first-order valence-electron chi connectivity index (χ1n) is 9.63. The molecule has 1 N–H and O–H groups in total. The Morgan fingerprint density at radius 2 is 1.59 bits per heavy atom. The Bertz CT molecular complexity index is 972. The molecule has 0 aromatic heterocycles. The van der Waals surface area contributed by atoms with Crippen LogP contribution in [-0.2, 0) is 12.0 Å². The van der Waals surface area contributed by atoms with E-state index in [4.69, 9.17) is 4.74 Å². The summed E-state index contributed by atoms with van der Waals surface area (Å²) in [5, 5.41) is 4.10. The van der Waals surface area contributed by atoms with Gasteiger partial charge in [0.1, 0.15) is 12.4 Å². The number of ether oxygens (including phenoxy) is 1. The molecule has 0 saturated heterocycles. The van der Waals surface area contributed by atoms with Crippen molar-refractivity contribution in [3.63, 3.8) is 0 Å². The molecule has 1 amide bonds. The van der Waals surface area contributed by atoms with E-state index in [0.29, 0.717) is 17.9 Å². The Kier molecular flexibility index (Phi) is 6.45. The molecule has 3 aromatic carbocycles. The van der Waals surface area contributed by atoms with Crippen molar-refractivity contribution in [1.29, 1.82) is 0 Å². The summed E-state index contributed by atoms with van der Waals surface area (Å²) < 4.78 is 5.91. The molecule has 0 spiro atoms. The highest BCUT2D eigenvalue weighted by atomic mass is 16.5. The quantitative estimate of drug-likeness (QED) is 0.460. The Balaban J connectivity index is 1.62. The zero-order valence-corrected chi connectivity index (χ0v) is 17.1. The first-order valence-corrected chi connectivity index (χ1v) is 9.63. The lowest BCUT2D eigenvalue weighted by atomic mass is 9.87. The van der Waals surface area contributed by atoms with Crippen LogP contribution in [0, 0.1) is 0 Å². The van der Waals surface area contributed by atoms with Crippen molar-refractivity contribution in [2.24, 2.45) is 5.10 Å². The third kappa shape index (κ3) is 5.79. The van der Waals surface area contributed by atoms with Crippen molar-refractivity contribution < 1.29 is 9.53 Å². The summed E-state index contributed by atoms with van der Waals surface area (Å²) in [6.45, 7) is 6.90. The van der Waals surface area contributed by atoms with Gasteiger partial charge in [-0.2, -0.15) is 5.10 Å². The number of benzene rings is 3. The van der Waals surface area contributed by atoms with Crippen molar-refractivity contribution in [1.82, 2.24) is 5.43 Å². The van der Waals surface area contributed by atoms with E-state index in [-0.39, 0.29) is 11.3 Å². The Morgan fingerprint density at radius 3 is 2.28 bits per heavy atom. The number of nitrogens with one attached hydrogen (secondary N) is 1. The Hall–Kier alpha value is -3.40. The summed E-state index contributed by atoms with van der Waals surface area (Å²) in [5.74, 6) is 0.466. The molecule has 148 valence electrons. The fourth-order valence-corrected chi connectivity index (χ4v) is 2.80. The fourth-order valence-electron chi connectivity index (χ4n) is 2.80. The molecule has 29 heavy (non-hydrogen) atoms. The summed E-state index contributed by atoms with van der Waals surface area (Å²) in [6.07, 6.45) is 1.60. The number of amides is 1. The van der Waals surface area contributed by atoms with Gasteiger partial charge in [-0.15, -0.1) is 0 Å². The minimum atomic E-state index is -0.246. The van der Waals surface area contributed by atoms with Crippen molar-refractivity contribution in [3.8, 4) is 5.75 Å². The van der Waals surface area contributed by atoms with E-state index < -0.39 is 0 Å². The first kappa shape index (κ1) is 20.3. The van der Waals surface area contributed by atoms with Gasteiger partial charge >= 0.3 is 0 Å². The largest absolute Gasteiger partial charge is 0.488 e. The van der Waals surface area contributed by atoms with Crippen molar-refractivity contribution in [3.05, 3.63) is 101 Å². The predicted octanol–water partition coefficient (Wildman–Crippen LogP) is 5.33. The third-order valence-corrected chi connectivity index (χ3v) is 4.54. The highest BCUT2D eigenvalue weighted by molar-refractivity contribution is 5.95. The number of hydrogen-bond acceptors (Lipinski definition) is 3. The molecule has 3 aromatic rings. The molecule has 0 fully saturated rings. The van der Waals surface area contributed by atoms with Crippen molar-refractivity contribution in [2.75, 3.05) is 0 Å². The molecule has 0 aliphatic rings. The molecule has 4 nitrogen and oxygen atoms in total. The van der Waals surface area contributed by atoms with Crippen LogP contribution < -0.4 is 10.2 Å². The van der Waals surface area contributed by atoms with Gasteiger partial charge in [0, 0.05) is 11.1 Å². The average molecular weight is 386 g/mol. The van der Waals surface area contributed by atoms with Gasteiger partial charge in [0.25, 0.3) is 5.91 Å². The molecular weight excluding hydrogens is 360 g/mol. The second kappa shape index (κ2) is 9.20. The maximum atomic E-state index is 12.3. The van der Waals surface area contributed by atoms with Crippen LogP contribution in [0.5, 0.6) is 5.75 Å². The molecule has 0 aliphatic carbocycles. The van der Waals surface area contributed by atoms with E-state index in [0.717, 1.165) is 11.1 Å². The molecule has 3 rings (SSSR count). The van der Waals surface area contributed by atoms with E-state index in [2.05, 4.69) is 31.3 Å². The lowest BCUT2D eigenvalue weighted by Crippen LogP contribution is -2.18. The Labute approximate surface area is 172 Å². The lowest BCUT2D eigenvalue weighted by Gasteiger charge is -2.18. The smallest absolute Gasteiger partial charge is 0.271 e. The van der Waals surface area contributed by atoms with Gasteiger partial charge in [0.05, 0.1) is 6.21 Å². The summed E-state index contributed by atoms with van der Waals surface area (Å²) in [5.41, 5.74) is 6.28. The van der Waals surface area contributed by atoms with E-state index >= 15 is 0 Å². The summed E-state index contributed by atoms with van der Waals surface area (Å²) in [4.78, 5) is 12.3. The number of carbonyl (C=O) groups is 1. The zero-order chi connectivity index (χ0) is 20.7. The molecule has 0 radical (unpaired) electrons. The highest BCUT2D eigenvalue weighted by Crippen LogP contribution is 2.22. The topological polar surface area (TPSA) is 50.7 Å². The van der Waals surface area contributed by atoms with Crippen LogP contribution >= 0.6 is 0 Å². The van der Waals surface area contributed by atoms with E-state index in [1.54, 1.807) is 6.21 Å². The predicted molar refractivity (Wildman–Crippen MR) is 117 cm³/mol. The minimum absolute atomic E-state index is 0.0522.